The zero-order chi connectivity index (χ0) is 19.3. The van der Waals surface area contributed by atoms with Crippen molar-refractivity contribution in [3.05, 3.63) is 59.3 Å². The predicted octanol–water partition coefficient (Wildman–Crippen LogP) is 3.67. The van der Waals surface area contributed by atoms with E-state index in [2.05, 4.69) is 9.97 Å². The number of nitrogens with zero attached hydrogens (tertiary/aromatic N) is 1. The number of carbonyl (C=O) groups is 1. The molecule has 4 rings (SSSR count). The van der Waals surface area contributed by atoms with Crippen LogP contribution in [0.5, 0.6) is 0 Å². The number of carboxylic acid groups (broad SMARTS) is 1. The van der Waals surface area contributed by atoms with Gasteiger partial charge in [-0.3, -0.25) is 0 Å². The largest absolute Gasteiger partial charge is 0.478 e. The molecule has 7 heteroatoms. The van der Waals surface area contributed by atoms with Crippen LogP contribution >= 0.6 is 0 Å². The molecule has 0 aliphatic rings. The number of pyridine rings is 1. The fraction of sp³-hybridized carbons (Fsp3) is 0.100. The van der Waals surface area contributed by atoms with Gasteiger partial charge in [0.25, 0.3) is 0 Å². The molecule has 0 saturated heterocycles. The Morgan fingerprint density at radius 1 is 1.15 bits per heavy atom. The van der Waals surface area contributed by atoms with Gasteiger partial charge in [-0.05, 0) is 60.4 Å². The molecule has 0 aliphatic carbocycles. The number of aryl methyl sites for hydroxylation is 2. The van der Waals surface area contributed by atoms with Crippen LogP contribution in [0.25, 0.3) is 33.1 Å². The smallest absolute Gasteiger partial charge is 0.336 e. The molecular formula is C20H16N2O4S. The molecule has 2 aromatic carbocycles. The molecule has 0 atom stereocenters. The van der Waals surface area contributed by atoms with Crippen LogP contribution in [0.3, 0.4) is 0 Å². The average Bonchev–Trinajstić information content (AvgIpc) is 3.01. The number of H-pyrrole nitrogens is 1. The van der Waals surface area contributed by atoms with Gasteiger partial charge in [0.2, 0.25) is 0 Å². The van der Waals surface area contributed by atoms with Crippen molar-refractivity contribution in [3.8, 4) is 11.1 Å². The summed E-state index contributed by atoms with van der Waals surface area (Å²) in [4.78, 5) is 19.6. The van der Waals surface area contributed by atoms with E-state index in [1.54, 1.807) is 37.4 Å². The molecular weight excluding hydrogens is 364 g/mol. The molecule has 0 saturated carbocycles. The maximum absolute atomic E-state index is 11.8. The zero-order valence-corrected chi connectivity index (χ0v) is 15.5. The highest BCUT2D eigenvalue weighted by Gasteiger charge is 2.19. The maximum Gasteiger partial charge on any atom is 0.336 e. The molecule has 136 valence electrons. The van der Waals surface area contributed by atoms with Crippen molar-refractivity contribution in [1.29, 1.82) is 0 Å². The first-order valence-corrected chi connectivity index (χ1v) is 9.44. The van der Waals surface area contributed by atoms with Crippen LogP contribution in [-0.2, 0) is 10.7 Å². The van der Waals surface area contributed by atoms with Gasteiger partial charge >= 0.3 is 5.97 Å². The van der Waals surface area contributed by atoms with Crippen LogP contribution in [0.2, 0.25) is 0 Å². The molecule has 2 heterocycles. The minimum atomic E-state index is -2.74. The highest BCUT2D eigenvalue weighted by Crippen LogP contribution is 2.38. The number of benzene rings is 2. The molecule has 0 bridgehead atoms. The Hall–Kier alpha value is -3.19. The highest BCUT2D eigenvalue weighted by atomic mass is 32.2. The van der Waals surface area contributed by atoms with Crippen LogP contribution in [-0.4, -0.2) is 29.5 Å². The van der Waals surface area contributed by atoms with Gasteiger partial charge in [-0.1, -0.05) is 12.1 Å². The summed E-state index contributed by atoms with van der Waals surface area (Å²) in [7, 11) is -2.74. The number of thiol groups is 1. The van der Waals surface area contributed by atoms with E-state index in [9.17, 15) is 18.3 Å². The van der Waals surface area contributed by atoms with Gasteiger partial charge in [0.1, 0.15) is 5.65 Å². The second-order valence-corrected chi connectivity index (χ2v) is 7.52. The fourth-order valence-electron chi connectivity index (χ4n) is 3.43. The quantitative estimate of drug-likeness (QED) is 0.471. The number of hydrogen-bond acceptors (Lipinski definition) is 4. The zero-order valence-electron chi connectivity index (χ0n) is 14.6. The van der Waals surface area contributed by atoms with Crippen molar-refractivity contribution in [1.82, 2.24) is 9.97 Å². The van der Waals surface area contributed by atoms with Gasteiger partial charge in [-0.2, -0.15) is 0 Å². The molecule has 0 unspecified atom stereocenters. The first-order valence-electron chi connectivity index (χ1n) is 8.26. The standard InChI is InChI=1S/C20H16N2O4S/c1-10-6-16-17-15(12-4-3-5-13(7-12)27(25)26)8-14(20(23)24)11(2)18(17)22-19(16)21-9-10/h3-9,27H,1-2H3,(H,21,22)(H,23,24). The Morgan fingerprint density at radius 2 is 1.93 bits per heavy atom. The Labute approximate surface area is 156 Å². The monoisotopic (exact) mass is 380 g/mol. The molecule has 0 fully saturated rings. The van der Waals surface area contributed by atoms with E-state index >= 15 is 0 Å². The SMILES string of the molecule is Cc1cnc2[nH]c3c(C)c(C(=O)O)cc(-c4cccc([SH](=O)=O)c4)c3c2c1. The van der Waals surface area contributed by atoms with Crippen molar-refractivity contribution in [2.24, 2.45) is 0 Å². The second kappa shape index (κ2) is 6.21. The van der Waals surface area contributed by atoms with Crippen LogP contribution in [0.4, 0.5) is 0 Å². The molecule has 0 spiro atoms. The normalized spacial score (nSPS) is 11.5. The summed E-state index contributed by atoms with van der Waals surface area (Å²) in [6.45, 7) is 3.69. The third kappa shape index (κ3) is 2.76. The van der Waals surface area contributed by atoms with Gasteiger partial charge < -0.3 is 10.1 Å². The molecule has 4 aromatic rings. The maximum atomic E-state index is 11.8. The van der Waals surface area contributed by atoms with E-state index in [0.29, 0.717) is 27.9 Å². The number of carboxylic acids is 1. The van der Waals surface area contributed by atoms with Gasteiger partial charge in [0, 0.05) is 17.0 Å². The summed E-state index contributed by atoms with van der Waals surface area (Å²) >= 11 is 0. The van der Waals surface area contributed by atoms with E-state index < -0.39 is 16.7 Å². The second-order valence-electron chi connectivity index (χ2n) is 6.49. The van der Waals surface area contributed by atoms with E-state index in [1.165, 1.54) is 6.07 Å². The summed E-state index contributed by atoms with van der Waals surface area (Å²) in [5.74, 6) is -1.04. The molecule has 0 amide bonds. The van der Waals surface area contributed by atoms with E-state index in [4.69, 9.17) is 0 Å². The number of aromatic nitrogens is 2. The number of hydrogen-bond donors (Lipinski definition) is 3. The van der Waals surface area contributed by atoms with Crippen LogP contribution in [0, 0.1) is 13.8 Å². The summed E-state index contributed by atoms with van der Waals surface area (Å²) in [6.07, 6.45) is 1.74. The minimum absolute atomic E-state index is 0.165. The van der Waals surface area contributed by atoms with Crippen LogP contribution < -0.4 is 0 Å². The predicted molar refractivity (Wildman–Crippen MR) is 104 cm³/mol. The third-order valence-corrected chi connectivity index (χ3v) is 5.42. The average molecular weight is 380 g/mol. The number of aromatic carboxylic acids is 1. The summed E-state index contributed by atoms with van der Waals surface area (Å²) in [5.41, 5.74) is 4.40. The Bertz CT molecular complexity index is 1310. The lowest BCUT2D eigenvalue weighted by atomic mass is 9.94. The summed E-state index contributed by atoms with van der Waals surface area (Å²) in [5, 5.41) is 11.3. The molecule has 2 aromatic heterocycles. The molecule has 0 aliphatic heterocycles. The summed E-state index contributed by atoms with van der Waals surface area (Å²) < 4.78 is 22.8. The molecule has 0 radical (unpaired) electrons. The minimum Gasteiger partial charge on any atom is -0.478 e. The lowest BCUT2D eigenvalue weighted by Gasteiger charge is -2.10. The Balaban J connectivity index is 2.19. The first-order chi connectivity index (χ1) is 12.9. The molecule has 6 nitrogen and oxygen atoms in total. The number of fused-ring (bicyclic) bond motifs is 3. The van der Waals surface area contributed by atoms with Gasteiger partial charge in [-0.25, -0.2) is 18.2 Å². The van der Waals surface area contributed by atoms with Crippen LogP contribution in [0.1, 0.15) is 21.5 Å². The summed E-state index contributed by atoms with van der Waals surface area (Å²) in [6, 6.07) is 10.1. The Kier molecular flexibility index (Phi) is 3.96. The lowest BCUT2D eigenvalue weighted by molar-refractivity contribution is 0.0696. The lowest BCUT2D eigenvalue weighted by Crippen LogP contribution is -2.01. The van der Waals surface area contributed by atoms with Gasteiger partial charge in [0.15, 0.2) is 10.7 Å². The highest BCUT2D eigenvalue weighted by molar-refractivity contribution is 7.72. The number of aromatic amines is 1. The van der Waals surface area contributed by atoms with E-state index in [-0.39, 0.29) is 10.5 Å². The van der Waals surface area contributed by atoms with Crippen molar-refractivity contribution in [2.75, 3.05) is 0 Å². The van der Waals surface area contributed by atoms with Crippen molar-refractivity contribution < 1.29 is 18.3 Å². The van der Waals surface area contributed by atoms with E-state index in [1.807, 2.05) is 13.0 Å². The van der Waals surface area contributed by atoms with Crippen molar-refractivity contribution >= 4 is 38.6 Å². The van der Waals surface area contributed by atoms with E-state index in [0.717, 1.165) is 16.3 Å². The number of nitrogens with one attached hydrogen (secondary N) is 1. The van der Waals surface area contributed by atoms with Crippen molar-refractivity contribution in [2.45, 2.75) is 18.7 Å². The van der Waals surface area contributed by atoms with Crippen molar-refractivity contribution in [3.63, 3.8) is 0 Å². The van der Waals surface area contributed by atoms with Gasteiger partial charge in [-0.15, -0.1) is 0 Å². The topological polar surface area (TPSA) is 100 Å². The molecule has 27 heavy (non-hydrogen) atoms. The fourth-order valence-corrected chi connectivity index (χ4v) is 3.88. The first kappa shape index (κ1) is 17.2. The number of rotatable bonds is 3. The van der Waals surface area contributed by atoms with Crippen LogP contribution in [0.15, 0.2) is 47.5 Å². The Morgan fingerprint density at radius 3 is 2.63 bits per heavy atom. The molecule has 2 N–H and O–H groups in total. The third-order valence-electron chi connectivity index (χ3n) is 4.72. The van der Waals surface area contributed by atoms with Gasteiger partial charge in [0.05, 0.1) is 16.0 Å².